The van der Waals surface area contributed by atoms with Crippen LogP contribution in [0.1, 0.15) is 38.5 Å². The second-order valence-corrected chi connectivity index (χ2v) is 7.71. The molecule has 1 spiro atoms. The van der Waals surface area contributed by atoms with Crippen molar-refractivity contribution in [2.75, 3.05) is 0 Å². The van der Waals surface area contributed by atoms with E-state index >= 15 is 0 Å². The second-order valence-electron chi connectivity index (χ2n) is 6.23. The van der Waals surface area contributed by atoms with Crippen molar-refractivity contribution >= 4 is 23.2 Å². The van der Waals surface area contributed by atoms with Crippen LogP contribution in [0.5, 0.6) is 0 Å². The molecule has 14 heavy (non-hydrogen) atoms. The van der Waals surface area contributed by atoms with Gasteiger partial charge in [-0.25, -0.2) is 0 Å². The number of alkyl halides is 2. The molecule has 2 heteroatoms. The Hall–Kier alpha value is 0.580. The average Bonchev–Trinajstić information content (AvgIpc) is 2.65. The van der Waals surface area contributed by atoms with Gasteiger partial charge < -0.3 is 0 Å². The molecule has 5 saturated carbocycles. The van der Waals surface area contributed by atoms with E-state index in [1.54, 1.807) is 0 Å². The van der Waals surface area contributed by atoms with E-state index in [0.717, 1.165) is 30.1 Å². The monoisotopic (exact) mass is 230 g/mol. The summed E-state index contributed by atoms with van der Waals surface area (Å²) in [5, 5.41) is 0. The van der Waals surface area contributed by atoms with E-state index in [4.69, 9.17) is 23.2 Å². The van der Waals surface area contributed by atoms with Crippen LogP contribution >= 0.6 is 23.2 Å². The van der Waals surface area contributed by atoms with Gasteiger partial charge in [0.2, 0.25) is 0 Å². The Morgan fingerprint density at radius 2 is 1.21 bits per heavy atom. The summed E-state index contributed by atoms with van der Waals surface area (Å²) >= 11 is 12.8. The van der Waals surface area contributed by atoms with Crippen LogP contribution in [0.4, 0.5) is 0 Å². The molecule has 0 N–H and O–H groups in total. The molecule has 0 nitrogen and oxygen atoms in total. The van der Waals surface area contributed by atoms with Gasteiger partial charge >= 0.3 is 0 Å². The molecule has 5 fully saturated rings. The maximum atomic E-state index is 6.41. The Labute approximate surface area is 95.3 Å². The predicted molar refractivity (Wildman–Crippen MR) is 58.5 cm³/mol. The minimum absolute atomic E-state index is 0.338. The summed E-state index contributed by atoms with van der Waals surface area (Å²) in [6, 6.07) is 0. The third-order valence-corrected chi connectivity index (χ3v) is 6.64. The van der Waals surface area contributed by atoms with E-state index in [9.17, 15) is 0 Å². The van der Waals surface area contributed by atoms with E-state index in [0.29, 0.717) is 5.41 Å². The molecule has 5 aliphatic carbocycles. The quantitative estimate of drug-likeness (QED) is 0.552. The Balaban J connectivity index is 1.76. The maximum absolute atomic E-state index is 6.41. The Kier molecular flexibility index (Phi) is 1.43. The molecule has 0 unspecified atom stereocenters. The maximum Gasteiger partial charge on any atom is 0.125 e. The van der Waals surface area contributed by atoms with Crippen LogP contribution in [0.3, 0.4) is 0 Å². The first-order valence-electron chi connectivity index (χ1n) is 5.99. The first-order chi connectivity index (χ1) is 6.62. The van der Waals surface area contributed by atoms with E-state index in [1.165, 1.54) is 32.1 Å². The molecule has 78 valence electrons. The lowest BCUT2D eigenvalue weighted by molar-refractivity contribution is -0.0531. The molecule has 0 heterocycles. The molecule has 0 amide bonds. The molecule has 5 rings (SSSR count). The van der Waals surface area contributed by atoms with Crippen molar-refractivity contribution in [3.05, 3.63) is 0 Å². The summed E-state index contributed by atoms with van der Waals surface area (Å²) in [7, 11) is 0. The van der Waals surface area contributed by atoms with Crippen molar-refractivity contribution in [3.63, 3.8) is 0 Å². The summed E-state index contributed by atoms with van der Waals surface area (Å²) in [5.41, 5.74) is 0.379. The lowest BCUT2D eigenvalue weighted by atomic mass is 9.50. The number of halogens is 2. The summed E-state index contributed by atoms with van der Waals surface area (Å²) in [6.07, 6.45) is 8.36. The van der Waals surface area contributed by atoms with Crippen LogP contribution in [-0.2, 0) is 0 Å². The van der Waals surface area contributed by atoms with Gasteiger partial charge in [-0.05, 0) is 62.2 Å². The van der Waals surface area contributed by atoms with Crippen molar-refractivity contribution in [1.82, 2.24) is 0 Å². The highest BCUT2D eigenvalue weighted by molar-refractivity contribution is 6.51. The van der Waals surface area contributed by atoms with Crippen LogP contribution < -0.4 is 0 Å². The molecule has 0 aliphatic heterocycles. The molecule has 0 saturated heterocycles. The average molecular weight is 231 g/mol. The van der Waals surface area contributed by atoms with E-state index < -0.39 is 0 Å². The molecule has 0 aromatic rings. The van der Waals surface area contributed by atoms with Gasteiger partial charge in [0.1, 0.15) is 4.33 Å². The summed E-state index contributed by atoms with van der Waals surface area (Å²) < 4.78 is -0.338. The van der Waals surface area contributed by atoms with Crippen LogP contribution in [-0.4, -0.2) is 4.33 Å². The van der Waals surface area contributed by atoms with Gasteiger partial charge in [-0.2, -0.15) is 0 Å². The van der Waals surface area contributed by atoms with Crippen LogP contribution in [0, 0.1) is 29.1 Å². The fraction of sp³-hybridized carbons (Fsp3) is 1.00. The largest absolute Gasteiger partial charge is 0.125 e. The smallest absolute Gasteiger partial charge is 0.101 e. The zero-order chi connectivity index (χ0) is 9.55. The van der Waals surface area contributed by atoms with Crippen LogP contribution in [0.25, 0.3) is 0 Å². The predicted octanol–water partition coefficient (Wildman–Crippen LogP) is 4.01. The van der Waals surface area contributed by atoms with Gasteiger partial charge in [-0.1, -0.05) is 0 Å². The zero-order valence-corrected chi connectivity index (χ0v) is 9.82. The number of hydrogen-bond donors (Lipinski definition) is 0. The lowest BCUT2D eigenvalue weighted by Crippen LogP contribution is -2.48. The Bertz CT molecular complexity index is 267. The van der Waals surface area contributed by atoms with Crippen molar-refractivity contribution in [2.24, 2.45) is 29.1 Å². The third-order valence-electron chi connectivity index (χ3n) is 5.67. The highest BCUT2D eigenvalue weighted by Gasteiger charge is 2.76. The molecule has 0 aromatic heterocycles. The third kappa shape index (κ3) is 0.812. The molecular weight excluding hydrogens is 215 g/mol. The lowest BCUT2D eigenvalue weighted by Gasteiger charge is -2.55. The fourth-order valence-corrected chi connectivity index (χ4v) is 6.29. The number of hydrogen-bond acceptors (Lipinski definition) is 0. The SMILES string of the molecule is ClC1(Cl)CC12C1CC3CC(C1)CC2C3. The summed E-state index contributed by atoms with van der Waals surface area (Å²) in [6.45, 7) is 0. The van der Waals surface area contributed by atoms with Gasteiger partial charge in [0.25, 0.3) is 0 Å². The summed E-state index contributed by atoms with van der Waals surface area (Å²) in [5.74, 6) is 3.84. The normalized spacial score (nSPS) is 62.1. The molecule has 5 aliphatic rings. The second kappa shape index (κ2) is 2.30. The Morgan fingerprint density at radius 1 is 0.786 bits per heavy atom. The van der Waals surface area contributed by atoms with Crippen LogP contribution in [0.15, 0.2) is 0 Å². The van der Waals surface area contributed by atoms with Gasteiger partial charge in [0, 0.05) is 5.41 Å². The van der Waals surface area contributed by atoms with Crippen molar-refractivity contribution in [3.8, 4) is 0 Å². The fourth-order valence-electron chi connectivity index (χ4n) is 5.23. The topological polar surface area (TPSA) is 0 Å². The minimum atomic E-state index is -0.338. The van der Waals surface area contributed by atoms with Crippen molar-refractivity contribution in [2.45, 2.75) is 42.9 Å². The van der Waals surface area contributed by atoms with Gasteiger partial charge in [0.05, 0.1) is 0 Å². The summed E-state index contributed by atoms with van der Waals surface area (Å²) in [4.78, 5) is 0. The first-order valence-corrected chi connectivity index (χ1v) is 6.75. The van der Waals surface area contributed by atoms with E-state index in [-0.39, 0.29) is 4.33 Å². The molecule has 0 aromatic carbocycles. The van der Waals surface area contributed by atoms with Gasteiger partial charge in [-0.3, -0.25) is 0 Å². The van der Waals surface area contributed by atoms with Gasteiger partial charge in [0.15, 0.2) is 0 Å². The highest BCUT2D eigenvalue weighted by Crippen LogP contribution is 2.80. The zero-order valence-electron chi connectivity index (χ0n) is 8.31. The first kappa shape index (κ1) is 8.70. The van der Waals surface area contributed by atoms with Crippen molar-refractivity contribution in [1.29, 1.82) is 0 Å². The molecular formula is C12H16Cl2. The highest BCUT2D eigenvalue weighted by atomic mass is 35.5. The van der Waals surface area contributed by atoms with Crippen molar-refractivity contribution < 1.29 is 0 Å². The van der Waals surface area contributed by atoms with Crippen LogP contribution in [0.2, 0.25) is 0 Å². The van der Waals surface area contributed by atoms with E-state index in [1.807, 2.05) is 0 Å². The standard InChI is InChI=1S/C12H16Cl2/c13-12(14)6-11(12)9-2-7-1-8(4-9)5-10(11)3-7/h7-10H,1-6H2. The van der Waals surface area contributed by atoms with Gasteiger partial charge in [-0.15, -0.1) is 23.2 Å². The Morgan fingerprint density at radius 3 is 1.57 bits per heavy atom. The molecule has 0 atom stereocenters. The minimum Gasteiger partial charge on any atom is -0.101 e. The molecule has 0 radical (unpaired) electrons. The molecule has 4 bridgehead atoms. The van der Waals surface area contributed by atoms with E-state index in [2.05, 4.69) is 0 Å². The number of rotatable bonds is 0.